The van der Waals surface area contributed by atoms with Gasteiger partial charge < -0.3 is 19.9 Å². The van der Waals surface area contributed by atoms with Crippen molar-refractivity contribution in [3.05, 3.63) is 106 Å². The number of rotatable bonds is 7. The Balaban J connectivity index is 0.993. The van der Waals surface area contributed by atoms with Gasteiger partial charge in [0.05, 0.1) is 5.39 Å². The minimum absolute atomic E-state index is 0.0331. The van der Waals surface area contributed by atoms with Gasteiger partial charge in [-0.05, 0) is 84.8 Å². The van der Waals surface area contributed by atoms with Crippen molar-refractivity contribution in [1.29, 1.82) is 0 Å². The van der Waals surface area contributed by atoms with Crippen LogP contribution in [-0.2, 0) is 17.6 Å². The lowest BCUT2D eigenvalue weighted by molar-refractivity contribution is -0.118. The molecule has 9 heteroatoms. The number of nitrogens with zero attached hydrogens (tertiary/aromatic N) is 4. The van der Waals surface area contributed by atoms with Crippen LogP contribution in [-0.4, -0.2) is 48.7 Å². The highest BCUT2D eigenvalue weighted by Gasteiger charge is 2.28. The third-order valence-electron chi connectivity index (χ3n) is 8.38. The molecule has 1 atom stereocenters. The summed E-state index contributed by atoms with van der Waals surface area (Å²) in [6.07, 6.45) is 4.86. The van der Waals surface area contributed by atoms with Crippen LogP contribution in [0.5, 0.6) is 5.75 Å². The van der Waals surface area contributed by atoms with Crippen LogP contribution in [0.1, 0.15) is 28.3 Å². The molecule has 3 heterocycles. The third kappa shape index (κ3) is 6.10. The molecule has 1 aliphatic heterocycles. The molecular weight excluding hydrogens is 622 g/mol. The minimum atomic E-state index is -0.184. The predicted molar refractivity (Wildman–Crippen MR) is 178 cm³/mol. The van der Waals surface area contributed by atoms with Crippen molar-refractivity contribution in [3.8, 4) is 5.75 Å². The molecule has 2 aliphatic rings. The highest BCUT2D eigenvalue weighted by atomic mass is 79.9. The Morgan fingerprint density at radius 1 is 0.930 bits per heavy atom. The predicted octanol–water partition coefficient (Wildman–Crippen LogP) is 7.07. The van der Waals surface area contributed by atoms with Crippen LogP contribution in [0.3, 0.4) is 0 Å². The number of ether oxygens (including phenoxy) is 1. The highest BCUT2D eigenvalue weighted by Crippen LogP contribution is 2.43. The van der Waals surface area contributed by atoms with Crippen molar-refractivity contribution >= 4 is 60.6 Å². The van der Waals surface area contributed by atoms with E-state index in [2.05, 4.69) is 73.5 Å². The molecule has 0 saturated carbocycles. The van der Waals surface area contributed by atoms with Crippen LogP contribution in [0.2, 0.25) is 0 Å². The first kappa shape index (κ1) is 27.9. The van der Waals surface area contributed by atoms with Crippen LogP contribution in [0, 0.1) is 0 Å². The van der Waals surface area contributed by atoms with Crippen LogP contribution in [0.25, 0.3) is 10.2 Å². The van der Waals surface area contributed by atoms with E-state index in [0.717, 1.165) is 66.2 Å². The number of hydrogen-bond acceptors (Lipinski definition) is 7. The zero-order valence-electron chi connectivity index (χ0n) is 23.7. The summed E-state index contributed by atoms with van der Waals surface area (Å²) < 4.78 is 6.73. The fraction of sp³-hybridized carbons (Fsp3) is 0.265. The summed E-state index contributed by atoms with van der Waals surface area (Å²) >= 11 is 5.23. The zero-order valence-corrected chi connectivity index (χ0v) is 26.1. The Labute approximate surface area is 263 Å². The molecule has 1 N–H and O–H groups in total. The zero-order chi connectivity index (χ0) is 29.2. The largest absolute Gasteiger partial charge is 0.484 e. The van der Waals surface area contributed by atoms with Gasteiger partial charge in [-0.15, -0.1) is 11.3 Å². The van der Waals surface area contributed by atoms with Crippen LogP contribution in [0.4, 0.5) is 17.2 Å². The molecule has 7 rings (SSSR count). The number of halogens is 1. The number of benzene rings is 3. The van der Waals surface area contributed by atoms with E-state index in [1.165, 1.54) is 27.1 Å². The second-order valence-corrected chi connectivity index (χ2v) is 13.0. The standard InChI is InChI=1S/C34H32BrN5O2S/c35-25-9-11-26(12-10-25)38-31(41)21-42-28-13-6-23(7-14-28)24-8-15-29-30(20-24)43-34-32(29)33(36-22-37-34)40-18-16-39(17-19-40)27-4-2-1-3-5-27/h1-7,9-14,22,24H,8,15-21H2,(H,38,41). The molecule has 0 radical (unpaired) electrons. The molecule has 1 unspecified atom stereocenters. The van der Waals surface area contributed by atoms with Gasteiger partial charge in [0, 0.05) is 46.9 Å². The smallest absolute Gasteiger partial charge is 0.262 e. The average molecular weight is 655 g/mol. The van der Waals surface area contributed by atoms with E-state index in [1.807, 2.05) is 47.7 Å². The maximum absolute atomic E-state index is 12.3. The van der Waals surface area contributed by atoms with Crippen LogP contribution in [0.15, 0.2) is 89.7 Å². The van der Waals surface area contributed by atoms with Gasteiger partial charge in [-0.25, -0.2) is 9.97 Å². The van der Waals surface area contributed by atoms with Crippen molar-refractivity contribution in [2.75, 3.05) is 47.9 Å². The Hall–Kier alpha value is -3.95. The van der Waals surface area contributed by atoms with Gasteiger partial charge in [-0.2, -0.15) is 0 Å². The van der Waals surface area contributed by atoms with Gasteiger partial charge in [-0.1, -0.05) is 46.3 Å². The van der Waals surface area contributed by atoms with Crippen molar-refractivity contribution in [1.82, 2.24) is 9.97 Å². The molecule has 1 aliphatic carbocycles. The van der Waals surface area contributed by atoms with E-state index in [4.69, 9.17) is 14.7 Å². The highest BCUT2D eigenvalue weighted by molar-refractivity contribution is 9.10. The van der Waals surface area contributed by atoms with Gasteiger partial charge >= 0.3 is 0 Å². The molecule has 1 fully saturated rings. The van der Waals surface area contributed by atoms with E-state index in [9.17, 15) is 4.79 Å². The molecule has 218 valence electrons. The van der Waals surface area contributed by atoms with Crippen molar-refractivity contribution in [3.63, 3.8) is 0 Å². The van der Waals surface area contributed by atoms with Gasteiger partial charge in [0.1, 0.15) is 22.7 Å². The summed E-state index contributed by atoms with van der Waals surface area (Å²) in [4.78, 5) is 29.3. The van der Waals surface area contributed by atoms with E-state index in [0.29, 0.717) is 11.7 Å². The lowest BCUT2D eigenvalue weighted by Gasteiger charge is -2.37. The lowest BCUT2D eigenvalue weighted by Crippen LogP contribution is -2.46. The number of thiophene rings is 1. The number of carbonyl (C=O) groups excluding carboxylic acids is 1. The molecule has 43 heavy (non-hydrogen) atoms. The first-order chi connectivity index (χ1) is 21.1. The summed E-state index contributed by atoms with van der Waals surface area (Å²) in [5.74, 6) is 2.05. The molecule has 3 aromatic carbocycles. The fourth-order valence-electron chi connectivity index (χ4n) is 6.15. The molecule has 7 nitrogen and oxygen atoms in total. The summed E-state index contributed by atoms with van der Waals surface area (Å²) in [5, 5.41) is 4.12. The normalized spacial score (nSPS) is 16.6. The SMILES string of the molecule is O=C(COc1ccc(C2CCc3c(sc4ncnc(N5CCN(c6ccccc6)CC5)c34)C2)cc1)Nc1ccc(Br)cc1. The quantitative estimate of drug-likeness (QED) is 0.203. The summed E-state index contributed by atoms with van der Waals surface area (Å²) in [5.41, 5.74) is 4.77. The summed E-state index contributed by atoms with van der Waals surface area (Å²) in [6, 6.07) is 26.4. The second kappa shape index (κ2) is 12.3. The maximum Gasteiger partial charge on any atom is 0.262 e. The van der Waals surface area contributed by atoms with Gasteiger partial charge in [0.2, 0.25) is 0 Å². The number of fused-ring (bicyclic) bond motifs is 3. The van der Waals surface area contributed by atoms with E-state index in [-0.39, 0.29) is 12.5 Å². The first-order valence-corrected chi connectivity index (χ1v) is 16.3. The van der Waals surface area contributed by atoms with Crippen molar-refractivity contribution in [2.45, 2.75) is 25.2 Å². The van der Waals surface area contributed by atoms with Gasteiger partial charge in [-0.3, -0.25) is 4.79 Å². The number of nitrogens with one attached hydrogen (secondary N) is 1. The summed E-state index contributed by atoms with van der Waals surface area (Å²) in [7, 11) is 0. The first-order valence-electron chi connectivity index (χ1n) is 14.7. The molecular formula is C34H32BrN5O2S. The van der Waals surface area contributed by atoms with Crippen molar-refractivity contribution < 1.29 is 9.53 Å². The maximum atomic E-state index is 12.3. The molecule has 1 saturated heterocycles. The molecule has 1 amide bonds. The number of hydrogen-bond donors (Lipinski definition) is 1. The summed E-state index contributed by atoms with van der Waals surface area (Å²) in [6.45, 7) is 3.84. The fourth-order valence-corrected chi connectivity index (χ4v) is 7.67. The minimum Gasteiger partial charge on any atom is -0.484 e. The Morgan fingerprint density at radius 2 is 1.67 bits per heavy atom. The Bertz CT molecular complexity index is 1720. The molecule has 0 bridgehead atoms. The lowest BCUT2D eigenvalue weighted by atomic mass is 9.83. The number of aromatic nitrogens is 2. The number of carbonyl (C=O) groups is 1. The molecule has 2 aromatic heterocycles. The van der Waals surface area contributed by atoms with Crippen LogP contribution < -0.4 is 19.9 Å². The van der Waals surface area contributed by atoms with E-state index < -0.39 is 0 Å². The van der Waals surface area contributed by atoms with Gasteiger partial charge in [0.25, 0.3) is 5.91 Å². The average Bonchev–Trinajstić information content (AvgIpc) is 3.44. The number of piperazine rings is 1. The van der Waals surface area contributed by atoms with E-state index >= 15 is 0 Å². The van der Waals surface area contributed by atoms with Gasteiger partial charge in [0.15, 0.2) is 6.61 Å². The third-order valence-corrected chi connectivity index (χ3v) is 10.1. The Morgan fingerprint density at radius 3 is 2.44 bits per heavy atom. The number of amides is 1. The Kier molecular flexibility index (Phi) is 8.00. The second-order valence-electron chi connectivity index (χ2n) is 11.0. The molecule has 5 aromatic rings. The topological polar surface area (TPSA) is 70.6 Å². The van der Waals surface area contributed by atoms with E-state index in [1.54, 1.807) is 6.33 Å². The number of aryl methyl sites for hydroxylation is 1. The van der Waals surface area contributed by atoms with Crippen LogP contribution >= 0.6 is 27.3 Å². The number of para-hydroxylation sites is 1. The molecule has 0 spiro atoms. The number of anilines is 3. The monoisotopic (exact) mass is 653 g/mol. The van der Waals surface area contributed by atoms with Crippen molar-refractivity contribution in [2.24, 2.45) is 0 Å².